The second-order valence-corrected chi connectivity index (χ2v) is 8.57. The van der Waals surface area contributed by atoms with Crippen LogP contribution in [0.25, 0.3) is 10.2 Å². The molecule has 8 heteroatoms. The Balaban J connectivity index is 2.18. The molecule has 0 N–H and O–H groups in total. The highest BCUT2D eigenvalue weighted by Crippen LogP contribution is 2.22. The fourth-order valence-electron chi connectivity index (χ4n) is 2.38. The van der Waals surface area contributed by atoms with Crippen LogP contribution in [0.5, 0.6) is 0 Å². The number of fused-ring (bicyclic) bond motifs is 1. The Morgan fingerprint density at radius 3 is 2.60 bits per heavy atom. The zero-order valence-corrected chi connectivity index (χ0v) is 16.2. The van der Waals surface area contributed by atoms with Crippen LogP contribution < -0.4 is 4.80 Å². The van der Waals surface area contributed by atoms with Gasteiger partial charge in [0.1, 0.15) is 0 Å². The summed E-state index contributed by atoms with van der Waals surface area (Å²) in [6.07, 6.45) is 0. The zero-order chi connectivity index (χ0) is 18.0. The van der Waals surface area contributed by atoms with Gasteiger partial charge in [0.15, 0.2) is 0 Å². The maximum Gasteiger partial charge on any atom is 0.285 e. The summed E-state index contributed by atoms with van der Waals surface area (Å²) >= 11 is 7.34. The number of hydrogen-bond donors (Lipinski definition) is 0. The maximum absolute atomic E-state index is 12.7. The van der Waals surface area contributed by atoms with Crippen LogP contribution in [-0.4, -0.2) is 26.7 Å². The fraction of sp³-hybridized carbons (Fsp3) is 0.235. The minimum absolute atomic E-state index is 0.173. The second kappa shape index (κ2) is 7.29. The minimum atomic E-state index is -3.79. The molecule has 0 spiro atoms. The number of halogens is 1. The van der Waals surface area contributed by atoms with Crippen molar-refractivity contribution >= 4 is 43.2 Å². The average molecular weight is 397 g/mol. The van der Waals surface area contributed by atoms with Gasteiger partial charge in [0.05, 0.1) is 21.7 Å². The van der Waals surface area contributed by atoms with Crippen LogP contribution in [-0.2, 0) is 21.3 Å². The Bertz CT molecular complexity index is 1070. The molecule has 0 aliphatic heterocycles. The first-order valence-corrected chi connectivity index (χ1v) is 10.2. The molecule has 0 saturated carbocycles. The lowest BCUT2D eigenvalue weighted by Crippen LogP contribution is -2.19. The lowest BCUT2D eigenvalue weighted by Gasteiger charge is -2.04. The molecule has 0 unspecified atom stereocenters. The van der Waals surface area contributed by atoms with Crippen molar-refractivity contribution in [2.75, 3.05) is 13.7 Å². The summed E-state index contributed by atoms with van der Waals surface area (Å²) in [5.74, 6) is 0. The average Bonchev–Trinajstić information content (AvgIpc) is 2.88. The summed E-state index contributed by atoms with van der Waals surface area (Å²) in [6.45, 7) is 2.86. The number of methoxy groups -OCH3 is 1. The van der Waals surface area contributed by atoms with Gasteiger partial charge in [-0.15, -0.1) is 4.40 Å². The predicted octanol–water partition coefficient (Wildman–Crippen LogP) is 3.60. The molecule has 3 rings (SSSR count). The Labute approximate surface area is 155 Å². The predicted molar refractivity (Wildman–Crippen MR) is 101 cm³/mol. The summed E-state index contributed by atoms with van der Waals surface area (Å²) in [5.41, 5.74) is 1.87. The quantitative estimate of drug-likeness (QED) is 0.662. The fourth-order valence-corrected chi connectivity index (χ4v) is 4.92. The molecule has 0 aliphatic rings. The van der Waals surface area contributed by atoms with Gasteiger partial charge in [-0.3, -0.25) is 0 Å². The van der Waals surface area contributed by atoms with Gasteiger partial charge in [-0.05, 0) is 37.3 Å². The monoisotopic (exact) mass is 396 g/mol. The highest BCUT2D eigenvalue weighted by molar-refractivity contribution is 7.90. The van der Waals surface area contributed by atoms with Gasteiger partial charge in [-0.25, -0.2) is 0 Å². The third kappa shape index (κ3) is 3.95. The highest BCUT2D eigenvalue weighted by Gasteiger charge is 2.15. The standard InChI is InChI=1S/C17H17ClN2O3S2/c1-12-3-6-14(7-4-12)25(21,22)19-17-20(9-10-23-2)15-8-5-13(18)11-16(15)24-17/h3-8,11H,9-10H2,1-2H3. The van der Waals surface area contributed by atoms with Crippen molar-refractivity contribution in [3.05, 3.63) is 57.9 Å². The first-order valence-electron chi connectivity index (χ1n) is 7.56. The van der Waals surface area contributed by atoms with Gasteiger partial charge in [0, 0.05) is 18.7 Å². The van der Waals surface area contributed by atoms with Gasteiger partial charge >= 0.3 is 0 Å². The molecule has 0 radical (unpaired) electrons. The number of aryl methyl sites for hydroxylation is 1. The Hall–Kier alpha value is -1.67. The summed E-state index contributed by atoms with van der Waals surface area (Å²) in [4.78, 5) is 0.571. The van der Waals surface area contributed by atoms with E-state index in [-0.39, 0.29) is 4.90 Å². The molecule has 0 atom stereocenters. The number of nitrogens with zero attached hydrogens (tertiary/aromatic N) is 2. The molecule has 25 heavy (non-hydrogen) atoms. The number of thiazole rings is 1. The van der Waals surface area contributed by atoms with E-state index in [1.54, 1.807) is 37.4 Å². The summed E-state index contributed by atoms with van der Waals surface area (Å²) in [6, 6.07) is 12.1. The van der Waals surface area contributed by atoms with Gasteiger partial charge in [0.2, 0.25) is 4.80 Å². The molecule has 0 fully saturated rings. The van der Waals surface area contributed by atoms with E-state index in [1.807, 2.05) is 23.6 Å². The first kappa shape index (κ1) is 18.1. The maximum atomic E-state index is 12.7. The van der Waals surface area contributed by atoms with Crippen LogP contribution in [0.15, 0.2) is 51.8 Å². The minimum Gasteiger partial charge on any atom is -0.383 e. The smallest absolute Gasteiger partial charge is 0.285 e. The molecule has 2 aromatic carbocycles. The zero-order valence-electron chi connectivity index (χ0n) is 13.8. The van der Waals surface area contributed by atoms with Crippen molar-refractivity contribution in [1.82, 2.24) is 4.57 Å². The molecule has 0 bridgehead atoms. The summed E-state index contributed by atoms with van der Waals surface area (Å²) < 4.78 is 37.2. The van der Waals surface area contributed by atoms with Crippen LogP contribution in [0.3, 0.4) is 0 Å². The van der Waals surface area contributed by atoms with E-state index in [9.17, 15) is 8.42 Å². The molecular weight excluding hydrogens is 380 g/mol. The van der Waals surface area contributed by atoms with Crippen LogP contribution in [0.4, 0.5) is 0 Å². The topological polar surface area (TPSA) is 60.7 Å². The molecule has 1 heterocycles. The highest BCUT2D eigenvalue weighted by atomic mass is 35.5. The third-order valence-electron chi connectivity index (χ3n) is 3.68. The number of rotatable bonds is 5. The van der Waals surface area contributed by atoms with Crippen molar-refractivity contribution in [3.63, 3.8) is 0 Å². The van der Waals surface area contributed by atoms with Gasteiger partial charge in [-0.1, -0.05) is 40.6 Å². The lowest BCUT2D eigenvalue weighted by molar-refractivity contribution is 0.187. The van der Waals surface area contributed by atoms with Gasteiger partial charge in [0.25, 0.3) is 10.0 Å². The number of sulfonamides is 1. The van der Waals surface area contributed by atoms with Crippen molar-refractivity contribution in [2.24, 2.45) is 4.40 Å². The van der Waals surface area contributed by atoms with E-state index in [2.05, 4.69) is 4.40 Å². The van der Waals surface area contributed by atoms with Crippen molar-refractivity contribution in [3.8, 4) is 0 Å². The molecular formula is C17H17ClN2O3S2. The second-order valence-electron chi connectivity index (χ2n) is 5.52. The SMILES string of the molecule is COCCn1c(=NS(=O)(=O)c2ccc(C)cc2)sc2cc(Cl)ccc21. The molecule has 0 aliphatic carbocycles. The van der Waals surface area contributed by atoms with Crippen molar-refractivity contribution in [1.29, 1.82) is 0 Å². The van der Waals surface area contributed by atoms with Crippen LogP contribution in [0, 0.1) is 6.92 Å². The first-order chi connectivity index (χ1) is 11.9. The number of aromatic nitrogens is 1. The summed E-state index contributed by atoms with van der Waals surface area (Å²) in [7, 11) is -2.19. The molecule has 5 nitrogen and oxygen atoms in total. The van der Waals surface area contributed by atoms with Crippen molar-refractivity contribution in [2.45, 2.75) is 18.4 Å². The largest absolute Gasteiger partial charge is 0.383 e. The van der Waals surface area contributed by atoms with Crippen molar-refractivity contribution < 1.29 is 13.2 Å². The van der Waals surface area contributed by atoms with Crippen LogP contribution >= 0.6 is 22.9 Å². The van der Waals surface area contributed by atoms with E-state index in [0.29, 0.717) is 23.0 Å². The van der Waals surface area contributed by atoms with E-state index in [4.69, 9.17) is 16.3 Å². The summed E-state index contributed by atoms with van der Waals surface area (Å²) in [5, 5.41) is 0.598. The Morgan fingerprint density at radius 1 is 1.20 bits per heavy atom. The molecule has 0 amide bonds. The van der Waals surface area contributed by atoms with E-state index >= 15 is 0 Å². The van der Waals surface area contributed by atoms with E-state index < -0.39 is 10.0 Å². The van der Waals surface area contributed by atoms with Gasteiger partial charge in [-0.2, -0.15) is 8.42 Å². The normalized spacial score (nSPS) is 12.8. The van der Waals surface area contributed by atoms with E-state index in [1.165, 1.54) is 11.3 Å². The lowest BCUT2D eigenvalue weighted by atomic mass is 10.2. The molecule has 3 aromatic rings. The third-order valence-corrected chi connectivity index (χ3v) is 6.35. The van der Waals surface area contributed by atoms with E-state index in [0.717, 1.165) is 15.8 Å². The molecule has 1 aromatic heterocycles. The van der Waals surface area contributed by atoms with Gasteiger partial charge < -0.3 is 9.30 Å². The number of ether oxygens (including phenoxy) is 1. The van der Waals surface area contributed by atoms with Crippen LogP contribution in [0.2, 0.25) is 5.02 Å². The number of benzene rings is 2. The Morgan fingerprint density at radius 2 is 1.92 bits per heavy atom. The molecule has 132 valence electrons. The van der Waals surface area contributed by atoms with Crippen LogP contribution in [0.1, 0.15) is 5.56 Å². The Kier molecular flexibility index (Phi) is 5.29. The number of hydrogen-bond acceptors (Lipinski definition) is 4. The molecule has 0 saturated heterocycles.